The highest BCUT2D eigenvalue weighted by Gasteiger charge is 2.33. The van der Waals surface area contributed by atoms with Crippen molar-refractivity contribution >= 4 is 41.6 Å². The molecule has 0 amide bonds. The lowest BCUT2D eigenvalue weighted by Crippen LogP contribution is -2.54. The van der Waals surface area contributed by atoms with Crippen LogP contribution in [0.1, 0.15) is 13.8 Å². The van der Waals surface area contributed by atoms with Crippen molar-refractivity contribution in [2.24, 2.45) is 21.5 Å². The minimum absolute atomic E-state index is 0. The zero-order chi connectivity index (χ0) is 12.6. The Kier molecular flexibility index (Phi) is 4.09. The molecular formula is C11H15Cl2N5. The Morgan fingerprint density at radius 2 is 1.83 bits per heavy atom. The van der Waals surface area contributed by atoms with Gasteiger partial charge in [-0.1, -0.05) is 23.7 Å². The summed E-state index contributed by atoms with van der Waals surface area (Å²) in [6, 6.07) is 7.39. The highest BCUT2D eigenvalue weighted by Crippen LogP contribution is 2.32. The molecule has 0 unspecified atom stereocenters. The van der Waals surface area contributed by atoms with Crippen molar-refractivity contribution in [2.45, 2.75) is 19.5 Å². The molecule has 4 N–H and O–H groups in total. The highest BCUT2D eigenvalue weighted by molar-refractivity contribution is 6.34. The third-order valence-electron chi connectivity index (χ3n) is 2.49. The Hall–Kier alpha value is -1.46. The molecular weight excluding hydrogens is 273 g/mol. The predicted molar refractivity (Wildman–Crippen MR) is 78.5 cm³/mol. The van der Waals surface area contributed by atoms with Gasteiger partial charge in [-0.15, -0.1) is 12.4 Å². The monoisotopic (exact) mass is 287 g/mol. The number of nitrogens with two attached hydrogens (primary N) is 2. The van der Waals surface area contributed by atoms with Crippen molar-refractivity contribution in [1.29, 1.82) is 0 Å². The van der Waals surface area contributed by atoms with Crippen LogP contribution in [0.4, 0.5) is 5.69 Å². The summed E-state index contributed by atoms with van der Waals surface area (Å²) in [4.78, 5) is 9.98. The normalized spacial score (nSPS) is 17.6. The van der Waals surface area contributed by atoms with E-state index in [0.717, 1.165) is 5.69 Å². The van der Waals surface area contributed by atoms with Crippen LogP contribution in [0.3, 0.4) is 0 Å². The largest absolute Gasteiger partial charge is 0.369 e. The Morgan fingerprint density at radius 1 is 1.22 bits per heavy atom. The number of aliphatic imine (C=N–C) groups is 2. The van der Waals surface area contributed by atoms with Gasteiger partial charge in [0.05, 0.1) is 10.7 Å². The zero-order valence-electron chi connectivity index (χ0n) is 10.1. The molecule has 18 heavy (non-hydrogen) atoms. The number of para-hydroxylation sites is 1. The first kappa shape index (κ1) is 14.6. The van der Waals surface area contributed by atoms with E-state index in [1.165, 1.54) is 0 Å². The second kappa shape index (κ2) is 5.04. The van der Waals surface area contributed by atoms with Gasteiger partial charge in [0.15, 0.2) is 0 Å². The molecule has 0 atom stereocenters. The number of guanidine groups is 2. The first-order valence-corrected chi connectivity index (χ1v) is 5.54. The van der Waals surface area contributed by atoms with Crippen LogP contribution in [0.5, 0.6) is 0 Å². The van der Waals surface area contributed by atoms with Crippen LogP contribution in [0, 0.1) is 0 Å². The van der Waals surface area contributed by atoms with E-state index in [9.17, 15) is 0 Å². The lowest BCUT2D eigenvalue weighted by atomic mass is 10.1. The fourth-order valence-corrected chi connectivity index (χ4v) is 2.07. The standard InChI is InChI=1S/C11H14ClN5.ClH/c1-11(2)16-9(13)15-10(14)17(11)8-6-4-3-5-7(8)12;/h3-6H,1-2H3,(H4,13,14,15,16);1H. The molecule has 98 valence electrons. The van der Waals surface area contributed by atoms with Gasteiger partial charge in [-0.2, -0.15) is 4.99 Å². The van der Waals surface area contributed by atoms with Crippen molar-refractivity contribution in [2.75, 3.05) is 4.90 Å². The molecule has 1 aliphatic heterocycles. The van der Waals surface area contributed by atoms with Gasteiger partial charge in [-0.25, -0.2) is 4.99 Å². The lowest BCUT2D eigenvalue weighted by Gasteiger charge is -2.38. The van der Waals surface area contributed by atoms with Crippen molar-refractivity contribution in [1.82, 2.24) is 0 Å². The molecule has 7 heteroatoms. The minimum Gasteiger partial charge on any atom is -0.369 e. The molecule has 0 saturated carbocycles. The summed E-state index contributed by atoms with van der Waals surface area (Å²) in [5, 5.41) is 0.592. The topological polar surface area (TPSA) is 80.0 Å². The van der Waals surface area contributed by atoms with Crippen molar-refractivity contribution in [3.8, 4) is 0 Å². The van der Waals surface area contributed by atoms with Gasteiger partial charge in [0.2, 0.25) is 11.9 Å². The van der Waals surface area contributed by atoms with E-state index in [1.807, 2.05) is 32.0 Å². The van der Waals surface area contributed by atoms with E-state index in [-0.39, 0.29) is 24.3 Å². The molecule has 0 radical (unpaired) electrons. The van der Waals surface area contributed by atoms with Crippen LogP contribution in [0.25, 0.3) is 0 Å². The second-order valence-corrected chi connectivity index (χ2v) is 4.63. The summed E-state index contributed by atoms with van der Waals surface area (Å²) < 4.78 is 0. The van der Waals surface area contributed by atoms with Crippen molar-refractivity contribution in [3.05, 3.63) is 29.3 Å². The summed E-state index contributed by atoms with van der Waals surface area (Å²) in [7, 11) is 0. The molecule has 0 fully saturated rings. The molecule has 1 aromatic rings. The summed E-state index contributed by atoms with van der Waals surface area (Å²) in [6.45, 7) is 3.79. The summed E-state index contributed by atoms with van der Waals surface area (Å²) in [5.74, 6) is 0.464. The van der Waals surface area contributed by atoms with E-state index in [4.69, 9.17) is 23.1 Å². The second-order valence-electron chi connectivity index (χ2n) is 4.22. The predicted octanol–water partition coefficient (Wildman–Crippen LogP) is 1.95. The van der Waals surface area contributed by atoms with E-state index >= 15 is 0 Å². The number of rotatable bonds is 1. The first-order chi connectivity index (χ1) is 7.92. The Morgan fingerprint density at radius 3 is 2.39 bits per heavy atom. The molecule has 0 aliphatic carbocycles. The summed E-state index contributed by atoms with van der Waals surface area (Å²) in [6.07, 6.45) is 0. The summed E-state index contributed by atoms with van der Waals surface area (Å²) >= 11 is 6.15. The van der Waals surface area contributed by atoms with Crippen molar-refractivity contribution in [3.63, 3.8) is 0 Å². The molecule has 0 saturated heterocycles. The number of nitrogens with zero attached hydrogens (tertiary/aromatic N) is 3. The number of halogens is 2. The molecule has 2 rings (SSSR count). The quantitative estimate of drug-likeness (QED) is 0.828. The maximum absolute atomic E-state index is 6.15. The minimum atomic E-state index is -0.610. The number of hydrogen-bond donors (Lipinski definition) is 2. The van der Waals surface area contributed by atoms with Crippen LogP contribution in [-0.4, -0.2) is 17.6 Å². The Bertz CT molecular complexity index is 510. The number of anilines is 1. The average Bonchev–Trinajstić information content (AvgIpc) is 2.18. The SMILES string of the molecule is CC1(C)N=C(N)N=C(N)N1c1ccccc1Cl.Cl. The Labute approximate surface area is 117 Å². The lowest BCUT2D eigenvalue weighted by molar-refractivity contribution is 0.534. The van der Waals surface area contributed by atoms with Crippen LogP contribution >= 0.6 is 24.0 Å². The number of hydrogen-bond acceptors (Lipinski definition) is 5. The van der Waals surface area contributed by atoms with Crippen LogP contribution in [-0.2, 0) is 0 Å². The summed E-state index contributed by atoms with van der Waals surface area (Å²) in [5.41, 5.74) is 11.7. The molecule has 1 aromatic carbocycles. The molecule has 1 aliphatic rings. The average molecular weight is 288 g/mol. The molecule has 0 bridgehead atoms. The third-order valence-corrected chi connectivity index (χ3v) is 2.81. The Balaban J connectivity index is 0.00000162. The maximum atomic E-state index is 6.15. The van der Waals surface area contributed by atoms with E-state index in [1.54, 1.807) is 11.0 Å². The fourth-order valence-electron chi connectivity index (χ4n) is 1.85. The van der Waals surface area contributed by atoms with Gasteiger partial charge in [-0.05, 0) is 26.0 Å². The zero-order valence-corrected chi connectivity index (χ0v) is 11.7. The van der Waals surface area contributed by atoms with Crippen molar-refractivity contribution < 1.29 is 0 Å². The molecule has 1 heterocycles. The van der Waals surface area contributed by atoms with E-state index < -0.39 is 5.66 Å². The van der Waals surface area contributed by atoms with Gasteiger partial charge in [-0.3, -0.25) is 4.90 Å². The van der Waals surface area contributed by atoms with Gasteiger partial charge < -0.3 is 11.5 Å². The first-order valence-electron chi connectivity index (χ1n) is 5.16. The van der Waals surface area contributed by atoms with Crippen LogP contribution in [0.15, 0.2) is 34.3 Å². The van der Waals surface area contributed by atoms with Gasteiger partial charge in [0.1, 0.15) is 5.66 Å². The van der Waals surface area contributed by atoms with E-state index in [0.29, 0.717) is 5.02 Å². The number of benzene rings is 1. The smallest absolute Gasteiger partial charge is 0.220 e. The highest BCUT2D eigenvalue weighted by atomic mass is 35.5. The van der Waals surface area contributed by atoms with Gasteiger partial charge >= 0.3 is 0 Å². The fraction of sp³-hybridized carbons (Fsp3) is 0.273. The van der Waals surface area contributed by atoms with Gasteiger partial charge in [0, 0.05) is 0 Å². The third kappa shape index (κ3) is 2.52. The molecule has 0 aromatic heterocycles. The maximum Gasteiger partial charge on any atom is 0.220 e. The molecule has 0 spiro atoms. The van der Waals surface area contributed by atoms with E-state index in [2.05, 4.69) is 9.98 Å². The van der Waals surface area contributed by atoms with Crippen LogP contribution in [0.2, 0.25) is 5.02 Å². The molecule has 5 nitrogen and oxygen atoms in total. The van der Waals surface area contributed by atoms with Crippen LogP contribution < -0.4 is 16.4 Å². The van der Waals surface area contributed by atoms with Gasteiger partial charge in [0.25, 0.3) is 0 Å².